The number of Topliss-reactive ketones (excluding diaryl/α,β-unsaturated/α-hetero) is 1. The highest BCUT2D eigenvalue weighted by Crippen LogP contribution is 2.35. The largest absolute Gasteiger partial charge is 0.492 e. The van der Waals surface area contributed by atoms with Gasteiger partial charge in [0.05, 0.1) is 5.92 Å². The summed E-state index contributed by atoms with van der Waals surface area (Å²) in [7, 11) is 0. The number of hydrogen-bond donors (Lipinski definition) is 0. The lowest BCUT2D eigenvalue weighted by Gasteiger charge is -2.09. The summed E-state index contributed by atoms with van der Waals surface area (Å²) in [5, 5.41) is 0. The molecule has 0 saturated carbocycles. The number of ketones is 1. The number of fused-ring (bicyclic) bond motifs is 1. The van der Waals surface area contributed by atoms with Gasteiger partial charge in [-0.2, -0.15) is 0 Å². The van der Waals surface area contributed by atoms with Crippen LogP contribution in [-0.2, 0) is 0 Å². The number of para-hydroxylation sites is 1. The minimum Gasteiger partial charge on any atom is -0.492 e. The molecular weight excluding hydrogens is 226 g/mol. The number of pyridine rings is 1. The first-order valence-corrected chi connectivity index (χ1v) is 5.94. The summed E-state index contributed by atoms with van der Waals surface area (Å²) in [6.07, 6.45) is 3.34. The fourth-order valence-corrected chi connectivity index (χ4v) is 2.29. The maximum atomic E-state index is 12.5. The molecule has 1 aromatic carbocycles. The number of carbonyl (C=O) groups is 1. The van der Waals surface area contributed by atoms with Crippen LogP contribution < -0.4 is 4.74 Å². The molecule has 1 aliphatic rings. The second-order valence-electron chi connectivity index (χ2n) is 4.46. The zero-order chi connectivity index (χ0) is 12.5. The number of aromatic nitrogens is 1. The molecule has 1 atom stereocenters. The van der Waals surface area contributed by atoms with Crippen LogP contribution in [0, 0.1) is 6.92 Å². The highest BCUT2D eigenvalue weighted by atomic mass is 16.5. The lowest BCUT2D eigenvalue weighted by molar-refractivity contribution is 0.0946. The Kier molecular flexibility index (Phi) is 2.59. The van der Waals surface area contributed by atoms with E-state index in [0.717, 1.165) is 16.9 Å². The second kappa shape index (κ2) is 4.26. The number of carbonyl (C=O) groups excluding carboxylic acids is 1. The van der Waals surface area contributed by atoms with Crippen molar-refractivity contribution in [1.29, 1.82) is 0 Å². The van der Waals surface area contributed by atoms with Gasteiger partial charge in [0.15, 0.2) is 5.78 Å². The SMILES string of the molecule is Cc1ccncc1C(=O)C1COc2ccccc21. The molecule has 0 N–H and O–H groups in total. The Hall–Kier alpha value is -2.16. The van der Waals surface area contributed by atoms with E-state index in [2.05, 4.69) is 4.98 Å². The molecule has 3 heteroatoms. The molecule has 0 saturated heterocycles. The fourth-order valence-electron chi connectivity index (χ4n) is 2.29. The predicted octanol–water partition coefficient (Wildman–Crippen LogP) is 2.75. The lowest BCUT2D eigenvalue weighted by atomic mass is 9.91. The summed E-state index contributed by atoms with van der Waals surface area (Å²) in [5.41, 5.74) is 2.62. The molecule has 1 aromatic heterocycles. The quantitative estimate of drug-likeness (QED) is 0.756. The molecule has 1 aliphatic heterocycles. The van der Waals surface area contributed by atoms with E-state index < -0.39 is 0 Å². The van der Waals surface area contributed by atoms with E-state index >= 15 is 0 Å². The van der Waals surface area contributed by atoms with Crippen LogP contribution in [0.2, 0.25) is 0 Å². The van der Waals surface area contributed by atoms with Crippen LogP contribution >= 0.6 is 0 Å². The molecule has 0 fully saturated rings. The minimum absolute atomic E-state index is 0.0885. The van der Waals surface area contributed by atoms with Crippen molar-refractivity contribution >= 4 is 5.78 Å². The van der Waals surface area contributed by atoms with Crippen molar-refractivity contribution < 1.29 is 9.53 Å². The summed E-state index contributed by atoms with van der Waals surface area (Å²) >= 11 is 0. The van der Waals surface area contributed by atoms with Crippen LogP contribution in [0.3, 0.4) is 0 Å². The van der Waals surface area contributed by atoms with Gasteiger partial charge in [-0.05, 0) is 24.6 Å². The van der Waals surface area contributed by atoms with Crippen LogP contribution in [0.4, 0.5) is 0 Å². The van der Waals surface area contributed by atoms with Crippen molar-refractivity contribution in [3.05, 3.63) is 59.4 Å². The summed E-state index contributed by atoms with van der Waals surface area (Å²) in [5.74, 6) is 0.701. The van der Waals surface area contributed by atoms with Crippen molar-refractivity contribution in [2.24, 2.45) is 0 Å². The van der Waals surface area contributed by atoms with E-state index in [9.17, 15) is 4.79 Å². The van der Waals surface area contributed by atoms with Gasteiger partial charge >= 0.3 is 0 Å². The third-order valence-electron chi connectivity index (χ3n) is 3.32. The Morgan fingerprint density at radius 3 is 3.00 bits per heavy atom. The summed E-state index contributed by atoms with van der Waals surface area (Å²) in [6, 6.07) is 9.56. The van der Waals surface area contributed by atoms with E-state index in [0.29, 0.717) is 12.2 Å². The summed E-state index contributed by atoms with van der Waals surface area (Å²) in [6.45, 7) is 2.35. The topological polar surface area (TPSA) is 39.2 Å². The van der Waals surface area contributed by atoms with E-state index in [-0.39, 0.29) is 11.7 Å². The molecule has 3 nitrogen and oxygen atoms in total. The van der Waals surface area contributed by atoms with Gasteiger partial charge in [-0.1, -0.05) is 18.2 Å². The molecule has 0 aliphatic carbocycles. The van der Waals surface area contributed by atoms with Gasteiger partial charge < -0.3 is 4.74 Å². The predicted molar refractivity (Wildman–Crippen MR) is 68.0 cm³/mol. The van der Waals surface area contributed by atoms with E-state index in [4.69, 9.17) is 4.74 Å². The van der Waals surface area contributed by atoms with Crippen LogP contribution in [-0.4, -0.2) is 17.4 Å². The first-order valence-electron chi connectivity index (χ1n) is 5.94. The van der Waals surface area contributed by atoms with Gasteiger partial charge in [0.2, 0.25) is 0 Å². The standard InChI is InChI=1S/C15H13NO2/c1-10-6-7-16-8-12(10)15(17)13-9-18-14-5-3-2-4-11(13)14/h2-8,13H,9H2,1H3. The third kappa shape index (κ3) is 1.68. The molecule has 2 aromatic rings. The average Bonchev–Trinajstić information content (AvgIpc) is 2.82. The normalized spacial score (nSPS) is 17.1. The van der Waals surface area contributed by atoms with E-state index in [1.165, 1.54) is 0 Å². The molecule has 2 heterocycles. The van der Waals surface area contributed by atoms with Crippen molar-refractivity contribution in [1.82, 2.24) is 4.98 Å². The highest BCUT2D eigenvalue weighted by Gasteiger charge is 2.31. The number of ether oxygens (including phenoxy) is 1. The van der Waals surface area contributed by atoms with Crippen LogP contribution in [0.15, 0.2) is 42.7 Å². The zero-order valence-corrected chi connectivity index (χ0v) is 10.1. The molecule has 0 spiro atoms. The number of benzene rings is 1. The van der Waals surface area contributed by atoms with E-state index in [1.54, 1.807) is 12.4 Å². The Balaban J connectivity index is 1.99. The van der Waals surface area contributed by atoms with Gasteiger partial charge in [-0.3, -0.25) is 9.78 Å². The van der Waals surface area contributed by atoms with Crippen LogP contribution in [0.1, 0.15) is 27.4 Å². The molecule has 3 rings (SSSR count). The minimum atomic E-state index is -0.205. The molecule has 90 valence electrons. The lowest BCUT2D eigenvalue weighted by Crippen LogP contribution is -2.15. The average molecular weight is 239 g/mol. The van der Waals surface area contributed by atoms with Crippen molar-refractivity contribution in [3.8, 4) is 5.75 Å². The van der Waals surface area contributed by atoms with Crippen molar-refractivity contribution in [2.75, 3.05) is 6.61 Å². The molecular formula is C15H13NO2. The Labute approximate surface area is 105 Å². The molecule has 0 bridgehead atoms. The molecule has 0 radical (unpaired) electrons. The third-order valence-corrected chi connectivity index (χ3v) is 3.32. The Morgan fingerprint density at radius 2 is 2.17 bits per heavy atom. The number of nitrogens with zero attached hydrogens (tertiary/aromatic N) is 1. The second-order valence-corrected chi connectivity index (χ2v) is 4.46. The first kappa shape index (κ1) is 11.0. The monoisotopic (exact) mass is 239 g/mol. The van der Waals surface area contributed by atoms with Gasteiger partial charge in [0.25, 0.3) is 0 Å². The van der Waals surface area contributed by atoms with Gasteiger partial charge in [-0.15, -0.1) is 0 Å². The van der Waals surface area contributed by atoms with Gasteiger partial charge in [0.1, 0.15) is 12.4 Å². The van der Waals surface area contributed by atoms with Crippen molar-refractivity contribution in [3.63, 3.8) is 0 Å². The number of aryl methyl sites for hydroxylation is 1. The van der Waals surface area contributed by atoms with E-state index in [1.807, 2.05) is 37.3 Å². The van der Waals surface area contributed by atoms with Crippen LogP contribution in [0.25, 0.3) is 0 Å². The van der Waals surface area contributed by atoms with Crippen molar-refractivity contribution in [2.45, 2.75) is 12.8 Å². The fraction of sp³-hybridized carbons (Fsp3) is 0.200. The molecule has 18 heavy (non-hydrogen) atoms. The highest BCUT2D eigenvalue weighted by molar-refractivity contribution is 6.02. The van der Waals surface area contributed by atoms with Crippen LogP contribution in [0.5, 0.6) is 5.75 Å². The summed E-state index contributed by atoms with van der Waals surface area (Å²) < 4.78 is 5.55. The Bertz CT molecular complexity index is 607. The first-order chi connectivity index (χ1) is 8.77. The molecule has 1 unspecified atom stereocenters. The Morgan fingerprint density at radius 1 is 1.33 bits per heavy atom. The van der Waals surface area contributed by atoms with Gasteiger partial charge in [-0.25, -0.2) is 0 Å². The smallest absolute Gasteiger partial charge is 0.175 e. The molecule has 0 amide bonds. The number of hydrogen-bond acceptors (Lipinski definition) is 3. The number of rotatable bonds is 2. The maximum Gasteiger partial charge on any atom is 0.175 e. The summed E-state index contributed by atoms with van der Waals surface area (Å²) in [4.78, 5) is 16.5. The van der Waals surface area contributed by atoms with Gasteiger partial charge in [0, 0.05) is 23.5 Å². The zero-order valence-electron chi connectivity index (χ0n) is 10.1. The maximum absolute atomic E-state index is 12.5.